The second-order valence-electron chi connectivity index (χ2n) is 11.0. The Balaban J connectivity index is 1.33. The third-order valence-corrected chi connectivity index (χ3v) is 9.31. The van der Waals surface area contributed by atoms with Crippen molar-refractivity contribution in [3.8, 4) is 17.2 Å². The number of nitriles is 1. The van der Waals surface area contributed by atoms with E-state index in [2.05, 4.69) is 22.4 Å². The first-order valence-electron chi connectivity index (χ1n) is 13.3. The van der Waals surface area contributed by atoms with Crippen LogP contribution >= 0.6 is 0 Å². The minimum atomic E-state index is -3.38. The summed E-state index contributed by atoms with van der Waals surface area (Å²) >= 11 is 0. The van der Waals surface area contributed by atoms with Crippen LogP contribution in [0.4, 0.5) is 5.82 Å². The first kappa shape index (κ1) is 24.2. The standard InChI is InChI=1S/C29H32N4O3S/c1-2-37(35,36)18-19-4-3-5-23(14-19)25-15-24(16-30)28(31-27(25)21-8-9-21)32-12-13-33(29(34)22-10-11-22)26(17-32)20-6-7-20/h2-5,14-15,20-22,26H,1,6-13,17-18H2/t26-/m0/s1. The van der Waals surface area contributed by atoms with Crippen LogP contribution in [-0.4, -0.2) is 49.9 Å². The lowest BCUT2D eigenvalue weighted by atomic mass is 9.97. The highest BCUT2D eigenvalue weighted by atomic mass is 32.2. The number of pyridine rings is 1. The van der Waals surface area contributed by atoms with Crippen molar-refractivity contribution in [1.29, 1.82) is 5.26 Å². The molecule has 1 saturated heterocycles. The van der Waals surface area contributed by atoms with E-state index >= 15 is 0 Å². The molecule has 1 amide bonds. The van der Waals surface area contributed by atoms with E-state index in [-0.39, 0.29) is 17.7 Å². The van der Waals surface area contributed by atoms with Gasteiger partial charge in [0, 0.05) is 42.4 Å². The minimum Gasteiger partial charge on any atom is -0.352 e. The van der Waals surface area contributed by atoms with Crippen LogP contribution in [0, 0.1) is 23.2 Å². The SMILES string of the molecule is C=CS(=O)(=O)Cc1cccc(-c2cc(C#N)c(N3CCN(C(=O)C4CC4)[C@H](C4CC4)C3)nc2C2CC2)c1. The molecule has 8 heteroatoms. The second kappa shape index (κ2) is 9.29. The van der Waals surface area contributed by atoms with Crippen molar-refractivity contribution < 1.29 is 13.2 Å². The molecule has 7 nitrogen and oxygen atoms in total. The highest BCUT2D eigenvalue weighted by molar-refractivity contribution is 7.93. The number of hydrogen-bond acceptors (Lipinski definition) is 6. The number of sulfone groups is 1. The summed E-state index contributed by atoms with van der Waals surface area (Å²) in [6, 6.07) is 12.0. The molecular weight excluding hydrogens is 484 g/mol. The summed E-state index contributed by atoms with van der Waals surface area (Å²) < 4.78 is 24.2. The van der Waals surface area contributed by atoms with Gasteiger partial charge in [-0.05, 0) is 61.6 Å². The molecule has 2 aromatic rings. The molecule has 0 spiro atoms. The molecule has 1 atom stereocenters. The molecule has 0 N–H and O–H groups in total. The van der Waals surface area contributed by atoms with Gasteiger partial charge in [-0.3, -0.25) is 4.79 Å². The van der Waals surface area contributed by atoms with E-state index in [1.807, 2.05) is 24.3 Å². The zero-order chi connectivity index (χ0) is 25.7. The molecule has 0 radical (unpaired) electrons. The number of hydrogen-bond donors (Lipinski definition) is 0. The summed E-state index contributed by atoms with van der Waals surface area (Å²) in [7, 11) is -3.38. The molecule has 192 valence electrons. The van der Waals surface area contributed by atoms with Crippen LogP contribution in [0.25, 0.3) is 11.1 Å². The summed E-state index contributed by atoms with van der Waals surface area (Å²) in [5.74, 6) is 2.05. The normalized spacial score (nSPS) is 22.0. The molecular formula is C29H32N4O3S. The first-order chi connectivity index (χ1) is 17.9. The van der Waals surface area contributed by atoms with E-state index in [4.69, 9.17) is 4.98 Å². The Bertz CT molecular complexity index is 1400. The fourth-order valence-electron chi connectivity index (χ4n) is 5.59. The summed E-state index contributed by atoms with van der Waals surface area (Å²) in [5, 5.41) is 11.1. The molecule has 37 heavy (non-hydrogen) atoms. The summed E-state index contributed by atoms with van der Waals surface area (Å²) in [6.07, 6.45) is 6.48. The van der Waals surface area contributed by atoms with Crippen LogP contribution < -0.4 is 4.90 Å². The van der Waals surface area contributed by atoms with Crippen molar-refractivity contribution in [3.63, 3.8) is 0 Å². The number of nitrogens with zero attached hydrogens (tertiary/aromatic N) is 4. The fourth-order valence-corrected chi connectivity index (χ4v) is 6.35. The molecule has 1 aliphatic heterocycles. The number of carbonyl (C=O) groups excluding carboxylic acids is 1. The number of benzene rings is 1. The molecule has 3 aliphatic carbocycles. The van der Waals surface area contributed by atoms with Crippen molar-refractivity contribution in [2.45, 2.75) is 56.2 Å². The van der Waals surface area contributed by atoms with Crippen molar-refractivity contribution in [2.24, 2.45) is 11.8 Å². The van der Waals surface area contributed by atoms with E-state index < -0.39 is 9.84 Å². The monoisotopic (exact) mass is 516 g/mol. The van der Waals surface area contributed by atoms with Crippen LogP contribution in [0.3, 0.4) is 0 Å². The maximum absolute atomic E-state index is 13.0. The Hall–Kier alpha value is -3.18. The van der Waals surface area contributed by atoms with Gasteiger partial charge in [0.05, 0.1) is 23.1 Å². The minimum absolute atomic E-state index is 0.105. The van der Waals surface area contributed by atoms with Crippen molar-refractivity contribution in [3.05, 3.63) is 59.1 Å². The largest absolute Gasteiger partial charge is 0.352 e. The van der Waals surface area contributed by atoms with E-state index in [1.165, 1.54) is 0 Å². The van der Waals surface area contributed by atoms with Gasteiger partial charge in [-0.15, -0.1) is 0 Å². The molecule has 0 unspecified atom stereocenters. The van der Waals surface area contributed by atoms with Crippen LogP contribution in [0.2, 0.25) is 0 Å². The fraction of sp³-hybridized carbons (Fsp3) is 0.483. The molecule has 1 aromatic heterocycles. The molecule has 6 rings (SSSR count). The number of carbonyl (C=O) groups is 1. The average Bonchev–Trinajstić information content (AvgIpc) is 3.76. The van der Waals surface area contributed by atoms with Crippen LogP contribution in [0.1, 0.15) is 61.3 Å². The average molecular weight is 517 g/mol. The molecule has 2 heterocycles. The van der Waals surface area contributed by atoms with Gasteiger partial charge in [-0.1, -0.05) is 30.8 Å². The molecule has 1 aromatic carbocycles. The lowest BCUT2D eigenvalue weighted by Crippen LogP contribution is -2.57. The van der Waals surface area contributed by atoms with Gasteiger partial charge in [0.25, 0.3) is 0 Å². The van der Waals surface area contributed by atoms with Crippen LogP contribution in [-0.2, 0) is 20.4 Å². The summed E-state index contributed by atoms with van der Waals surface area (Å²) in [6.45, 7) is 5.51. The van der Waals surface area contributed by atoms with Crippen LogP contribution in [0.15, 0.2) is 42.3 Å². The number of rotatable bonds is 8. The Labute approximate surface area is 218 Å². The molecule has 0 bridgehead atoms. The van der Waals surface area contributed by atoms with Crippen molar-refractivity contribution in [1.82, 2.24) is 9.88 Å². The summed E-state index contributed by atoms with van der Waals surface area (Å²) in [5.41, 5.74) is 3.98. The van der Waals surface area contributed by atoms with Crippen LogP contribution in [0.5, 0.6) is 0 Å². The highest BCUT2D eigenvalue weighted by Gasteiger charge is 2.45. The predicted octanol–water partition coefficient (Wildman–Crippen LogP) is 4.39. The Kier molecular flexibility index (Phi) is 6.07. The van der Waals surface area contributed by atoms with E-state index in [0.717, 1.165) is 73.1 Å². The van der Waals surface area contributed by atoms with E-state index in [1.54, 1.807) is 6.07 Å². The summed E-state index contributed by atoms with van der Waals surface area (Å²) in [4.78, 5) is 22.4. The lowest BCUT2D eigenvalue weighted by Gasteiger charge is -2.43. The first-order valence-corrected chi connectivity index (χ1v) is 15.0. The number of aromatic nitrogens is 1. The predicted molar refractivity (Wildman–Crippen MR) is 142 cm³/mol. The van der Waals surface area contributed by atoms with Gasteiger partial charge < -0.3 is 9.80 Å². The van der Waals surface area contributed by atoms with E-state index in [0.29, 0.717) is 42.0 Å². The number of anilines is 1. The maximum atomic E-state index is 13.0. The molecule has 4 aliphatic rings. The second-order valence-corrected chi connectivity index (χ2v) is 13.0. The molecule has 4 fully saturated rings. The quantitative estimate of drug-likeness (QED) is 0.516. The lowest BCUT2D eigenvalue weighted by molar-refractivity contribution is -0.135. The van der Waals surface area contributed by atoms with Crippen molar-refractivity contribution in [2.75, 3.05) is 24.5 Å². The number of piperazine rings is 1. The Morgan fingerprint density at radius 3 is 2.57 bits per heavy atom. The van der Waals surface area contributed by atoms with E-state index in [9.17, 15) is 18.5 Å². The third kappa shape index (κ3) is 5.02. The Morgan fingerprint density at radius 2 is 1.92 bits per heavy atom. The Morgan fingerprint density at radius 1 is 1.14 bits per heavy atom. The highest BCUT2D eigenvalue weighted by Crippen LogP contribution is 2.46. The zero-order valence-electron chi connectivity index (χ0n) is 21.0. The topological polar surface area (TPSA) is 94.4 Å². The third-order valence-electron chi connectivity index (χ3n) is 8.07. The van der Waals surface area contributed by atoms with Gasteiger partial charge in [-0.25, -0.2) is 13.4 Å². The van der Waals surface area contributed by atoms with Gasteiger partial charge in [-0.2, -0.15) is 5.26 Å². The zero-order valence-corrected chi connectivity index (χ0v) is 21.8. The smallest absolute Gasteiger partial charge is 0.226 e. The molecule has 3 saturated carbocycles. The van der Waals surface area contributed by atoms with Gasteiger partial charge >= 0.3 is 0 Å². The number of amides is 1. The maximum Gasteiger partial charge on any atom is 0.226 e. The van der Waals surface area contributed by atoms with Gasteiger partial charge in [0.15, 0.2) is 9.84 Å². The van der Waals surface area contributed by atoms with Gasteiger partial charge in [0.1, 0.15) is 11.9 Å². The van der Waals surface area contributed by atoms with Crippen molar-refractivity contribution >= 4 is 21.6 Å². The van der Waals surface area contributed by atoms with Gasteiger partial charge in [0.2, 0.25) is 5.91 Å².